The van der Waals surface area contributed by atoms with E-state index in [4.69, 9.17) is 14.6 Å². The maximum atomic E-state index is 11.3. The highest BCUT2D eigenvalue weighted by Crippen LogP contribution is 2.36. The Kier molecular flexibility index (Phi) is 3.74. The van der Waals surface area contributed by atoms with E-state index in [2.05, 4.69) is 0 Å². The van der Waals surface area contributed by atoms with Crippen molar-refractivity contribution in [3.63, 3.8) is 0 Å². The summed E-state index contributed by atoms with van der Waals surface area (Å²) in [6.45, 7) is 3.81. The molecule has 1 aliphatic heterocycles. The third-order valence-corrected chi connectivity index (χ3v) is 2.89. The highest BCUT2D eigenvalue weighted by atomic mass is 16.6. The fourth-order valence-electron chi connectivity index (χ4n) is 2.11. The summed E-state index contributed by atoms with van der Waals surface area (Å²) < 4.78 is 10.7. The van der Waals surface area contributed by atoms with Crippen LogP contribution < -0.4 is 4.74 Å². The van der Waals surface area contributed by atoms with Crippen molar-refractivity contribution in [3.8, 4) is 5.75 Å². The van der Waals surface area contributed by atoms with Crippen LogP contribution in [0.15, 0.2) is 24.3 Å². The number of benzene rings is 1. The molecule has 19 heavy (non-hydrogen) atoms. The molecule has 1 N–H and O–H groups in total. The number of carbonyl (C=O) groups is 2. The Morgan fingerprint density at radius 3 is 2.84 bits per heavy atom. The number of aliphatic carboxylic acids is 1. The van der Waals surface area contributed by atoms with E-state index in [0.717, 1.165) is 0 Å². The summed E-state index contributed by atoms with van der Waals surface area (Å²) >= 11 is 0. The van der Waals surface area contributed by atoms with E-state index < -0.39 is 24.0 Å². The van der Waals surface area contributed by atoms with Crippen molar-refractivity contribution in [3.05, 3.63) is 29.8 Å². The highest BCUT2D eigenvalue weighted by molar-refractivity contribution is 5.82. The van der Waals surface area contributed by atoms with Gasteiger partial charge in [-0.25, -0.2) is 0 Å². The van der Waals surface area contributed by atoms with E-state index in [1.807, 2.05) is 13.8 Å². The standard InChI is InChI=1S/C14H16O5/c1-8(2)18-10-5-3-4-9(6-10)13-11(14(16)17)7-12(15)19-13/h3-6,8,11,13H,7H2,1-2H3,(H,16,17). The van der Waals surface area contributed by atoms with Gasteiger partial charge in [-0.1, -0.05) is 12.1 Å². The summed E-state index contributed by atoms with van der Waals surface area (Å²) in [7, 11) is 0. The number of cyclic esters (lactones) is 1. The van der Waals surface area contributed by atoms with Gasteiger partial charge in [-0.2, -0.15) is 0 Å². The molecule has 1 heterocycles. The molecule has 0 saturated carbocycles. The predicted molar refractivity (Wildman–Crippen MR) is 66.8 cm³/mol. The van der Waals surface area contributed by atoms with E-state index in [-0.39, 0.29) is 12.5 Å². The lowest BCUT2D eigenvalue weighted by Gasteiger charge is -2.16. The fourth-order valence-corrected chi connectivity index (χ4v) is 2.11. The zero-order valence-corrected chi connectivity index (χ0v) is 10.8. The first-order valence-corrected chi connectivity index (χ1v) is 6.16. The largest absolute Gasteiger partial charge is 0.491 e. The van der Waals surface area contributed by atoms with Crippen LogP contribution in [-0.2, 0) is 14.3 Å². The van der Waals surface area contributed by atoms with E-state index in [1.54, 1.807) is 24.3 Å². The van der Waals surface area contributed by atoms with Crippen molar-refractivity contribution in [2.45, 2.75) is 32.5 Å². The summed E-state index contributed by atoms with van der Waals surface area (Å²) in [4.78, 5) is 22.4. The second kappa shape index (κ2) is 5.30. The second-order valence-electron chi connectivity index (χ2n) is 4.80. The van der Waals surface area contributed by atoms with Gasteiger partial charge in [0.1, 0.15) is 17.8 Å². The van der Waals surface area contributed by atoms with Crippen LogP contribution in [0.1, 0.15) is 31.9 Å². The molecular weight excluding hydrogens is 248 g/mol. The molecule has 1 saturated heterocycles. The van der Waals surface area contributed by atoms with Crippen LogP contribution in [0, 0.1) is 5.92 Å². The van der Waals surface area contributed by atoms with E-state index in [0.29, 0.717) is 11.3 Å². The van der Waals surface area contributed by atoms with Gasteiger partial charge in [0.25, 0.3) is 0 Å². The average molecular weight is 264 g/mol. The minimum atomic E-state index is -1.02. The van der Waals surface area contributed by atoms with Crippen LogP contribution in [-0.4, -0.2) is 23.1 Å². The third-order valence-electron chi connectivity index (χ3n) is 2.89. The molecular formula is C14H16O5. The van der Waals surface area contributed by atoms with Crippen molar-refractivity contribution >= 4 is 11.9 Å². The van der Waals surface area contributed by atoms with Crippen molar-refractivity contribution in [1.82, 2.24) is 0 Å². The molecule has 5 heteroatoms. The Balaban J connectivity index is 2.25. The SMILES string of the molecule is CC(C)Oc1cccc(C2OC(=O)CC2C(=O)O)c1. The first-order valence-electron chi connectivity index (χ1n) is 6.16. The lowest BCUT2D eigenvalue weighted by Crippen LogP contribution is -2.17. The quantitative estimate of drug-likeness (QED) is 0.844. The molecule has 1 aromatic carbocycles. The zero-order valence-electron chi connectivity index (χ0n) is 10.8. The van der Waals surface area contributed by atoms with Gasteiger partial charge in [0, 0.05) is 0 Å². The van der Waals surface area contributed by atoms with Crippen LogP contribution in [0.4, 0.5) is 0 Å². The summed E-state index contributed by atoms with van der Waals surface area (Å²) in [5, 5.41) is 9.11. The van der Waals surface area contributed by atoms with Gasteiger partial charge in [-0.05, 0) is 31.5 Å². The molecule has 102 valence electrons. The maximum absolute atomic E-state index is 11.3. The molecule has 0 amide bonds. The monoisotopic (exact) mass is 264 g/mol. The number of carboxylic acids is 1. The first-order chi connectivity index (χ1) is 8.97. The maximum Gasteiger partial charge on any atom is 0.311 e. The molecule has 0 aliphatic carbocycles. The number of carboxylic acid groups (broad SMARTS) is 1. The number of carbonyl (C=O) groups excluding carboxylic acids is 1. The lowest BCUT2D eigenvalue weighted by molar-refractivity contribution is -0.144. The van der Waals surface area contributed by atoms with Crippen LogP contribution in [0.2, 0.25) is 0 Å². The minimum Gasteiger partial charge on any atom is -0.491 e. The average Bonchev–Trinajstić information content (AvgIpc) is 2.71. The van der Waals surface area contributed by atoms with Gasteiger partial charge in [0.05, 0.1) is 12.5 Å². The summed E-state index contributed by atoms with van der Waals surface area (Å²) in [6, 6.07) is 7.01. The Labute approximate surface area is 111 Å². The number of rotatable bonds is 4. The third kappa shape index (κ3) is 3.05. The van der Waals surface area contributed by atoms with Crippen molar-refractivity contribution in [2.24, 2.45) is 5.92 Å². The van der Waals surface area contributed by atoms with Crippen LogP contribution >= 0.6 is 0 Å². The van der Waals surface area contributed by atoms with E-state index in [1.165, 1.54) is 0 Å². The second-order valence-corrected chi connectivity index (χ2v) is 4.80. The van der Waals surface area contributed by atoms with Crippen LogP contribution in [0.5, 0.6) is 5.75 Å². The van der Waals surface area contributed by atoms with Crippen LogP contribution in [0.25, 0.3) is 0 Å². The van der Waals surface area contributed by atoms with Crippen molar-refractivity contribution < 1.29 is 24.2 Å². The molecule has 1 aromatic rings. The molecule has 2 rings (SSSR count). The molecule has 2 unspecified atom stereocenters. The molecule has 1 fully saturated rings. The van der Waals surface area contributed by atoms with Gasteiger partial charge < -0.3 is 14.6 Å². The number of esters is 1. The Morgan fingerprint density at radius 2 is 2.21 bits per heavy atom. The number of ether oxygens (including phenoxy) is 2. The zero-order chi connectivity index (χ0) is 14.0. The summed E-state index contributed by atoms with van der Waals surface area (Å²) in [5.74, 6) is -1.69. The lowest BCUT2D eigenvalue weighted by atomic mass is 9.95. The van der Waals surface area contributed by atoms with E-state index >= 15 is 0 Å². The summed E-state index contributed by atoms with van der Waals surface area (Å²) in [6.07, 6.45) is -0.799. The summed E-state index contributed by atoms with van der Waals surface area (Å²) in [5.41, 5.74) is 0.649. The highest BCUT2D eigenvalue weighted by Gasteiger charge is 2.40. The Hall–Kier alpha value is -2.04. The molecule has 0 spiro atoms. The van der Waals surface area contributed by atoms with Crippen molar-refractivity contribution in [2.75, 3.05) is 0 Å². The van der Waals surface area contributed by atoms with Crippen LogP contribution in [0.3, 0.4) is 0 Å². The van der Waals surface area contributed by atoms with Crippen molar-refractivity contribution in [1.29, 1.82) is 0 Å². The number of hydrogen-bond donors (Lipinski definition) is 1. The number of hydrogen-bond acceptors (Lipinski definition) is 4. The van der Waals surface area contributed by atoms with Gasteiger partial charge in [0.2, 0.25) is 0 Å². The van der Waals surface area contributed by atoms with Gasteiger partial charge in [-0.15, -0.1) is 0 Å². The normalized spacial score (nSPS) is 22.4. The van der Waals surface area contributed by atoms with Gasteiger partial charge >= 0.3 is 11.9 Å². The fraction of sp³-hybridized carbons (Fsp3) is 0.429. The van der Waals surface area contributed by atoms with E-state index in [9.17, 15) is 9.59 Å². The molecule has 0 bridgehead atoms. The topological polar surface area (TPSA) is 72.8 Å². The molecule has 0 radical (unpaired) electrons. The molecule has 5 nitrogen and oxygen atoms in total. The Bertz CT molecular complexity index is 494. The smallest absolute Gasteiger partial charge is 0.311 e. The minimum absolute atomic E-state index is 0.0247. The van der Waals surface area contributed by atoms with Gasteiger partial charge in [0.15, 0.2) is 0 Å². The Morgan fingerprint density at radius 1 is 1.47 bits per heavy atom. The molecule has 0 aromatic heterocycles. The molecule has 1 aliphatic rings. The first kappa shape index (κ1) is 13.4. The van der Waals surface area contributed by atoms with Gasteiger partial charge in [-0.3, -0.25) is 9.59 Å². The predicted octanol–water partition coefficient (Wildman–Crippen LogP) is 2.16. The molecule has 2 atom stereocenters.